The lowest BCUT2D eigenvalue weighted by molar-refractivity contribution is -0.141. The van der Waals surface area contributed by atoms with Crippen molar-refractivity contribution in [1.29, 1.82) is 0 Å². The van der Waals surface area contributed by atoms with Crippen LogP contribution in [-0.2, 0) is 16.0 Å². The molecule has 27 heavy (non-hydrogen) atoms. The predicted octanol–water partition coefficient (Wildman–Crippen LogP) is 6.01. The Kier molecular flexibility index (Phi) is 6.92. The van der Waals surface area contributed by atoms with Gasteiger partial charge in [-0.1, -0.05) is 72.8 Å². The first kappa shape index (κ1) is 19.9. The second-order valence-corrected chi connectivity index (χ2v) is 7.73. The van der Waals surface area contributed by atoms with E-state index in [0.29, 0.717) is 27.1 Å². The van der Waals surface area contributed by atoms with Crippen LogP contribution in [0.1, 0.15) is 59.5 Å². The van der Waals surface area contributed by atoms with Crippen LogP contribution in [0, 0.1) is 0 Å². The van der Waals surface area contributed by atoms with Gasteiger partial charge in [0.15, 0.2) is 12.4 Å². The molecule has 3 nitrogen and oxygen atoms in total. The summed E-state index contributed by atoms with van der Waals surface area (Å²) < 4.78 is 5.11. The number of hydrogen-bond acceptors (Lipinski definition) is 3. The summed E-state index contributed by atoms with van der Waals surface area (Å²) in [5.74, 6) is -0.151. The van der Waals surface area contributed by atoms with Gasteiger partial charge in [-0.3, -0.25) is 9.59 Å². The monoisotopic (exact) mass is 404 g/mol. The average molecular weight is 405 g/mol. The Bertz CT molecular complexity index is 789. The normalized spacial score (nSPS) is 14.7. The average Bonchev–Trinajstić information content (AvgIpc) is 2.70. The first-order valence-corrected chi connectivity index (χ1v) is 10.0. The molecule has 0 radical (unpaired) electrons. The van der Waals surface area contributed by atoms with Crippen molar-refractivity contribution in [2.24, 2.45) is 0 Å². The first-order chi connectivity index (χ1) is 13.0. The molecule has 3 rings (SSSR count). The van der Waals surface area contributed by atoms with Crippen molar-refractivity contribution < 1.29 is 14.3 Å². The number of ketones is 1. The maximum absolute atomic E-state index is 12.3. The fourth-order valence-corrected chi connectivity index (χ4v) is 4.03. The summed E-state index contributed by atoms with van der Waals surface area (Å²) in [6.07, 6.45) is 6.24. The van der Waals surface area contributed by atoms with Gasteiger partial charge in [-0.25, -0.2) is 0 Å². The third-order valence-corrected chi connectivity index (χ3v) is 5.76. The Balaban J connectivity index is 1.53. The highest BCUT2D eigenvalue weighted by Gasteiger charge is 2.17. The molecule has 0 aliphatic heterocycles. The third-order valence-electron chi connectivity index (χ3n) is 5.06. The van der Waals surface area contributed by atoms with E-state index < -0.39 is 5.97 Å². The molecule has 0 N–H and O–H groups in total. The molecule has 0 amide bonds. The van der Waals surface area contributed by atoms with E-state index >= 15 is 0 Å². The third kappa shape index (κ3) is 5.33. The van der Waals surface area contributed by atoms with E-state index in [-0.39, 0.29) is 18.8 Å². The Morgan fingerprint density at radius 2 is 1.56 bits per heavy atom. The summed E-state index contributed by atoms with van der Waals surface area (Å²) in [6.45, 7) is -0.288. The highest BCUT2D eigenvalue weighted by Crippen LogP contribution is 2.32. The highest BCUT2D eigenvalue weighted by molar-refractivity contribution is 6.36. The van der Waals surface area contributed by atoms with Crippen LogP contribution in [0.5, 0.6) is 0 Å². The number of Topliss-reactive ketones (excluding diaryl/α,β-unsaturated/α-hetero) is 1. The Morgan fingerprint density at radius 1 is 0.926 bits per heavy atom. The molecule has 2 aromatic carbocycles. The molecular formula is C22H22Cl2O3. The molecule has 0 bridgehead atoms. The molecule has 142 valence electrons. The summed E-state index contributed by atoms with van der Waals surface area (Å²) in [5, 5.41) is 0.813. The van der Waals surface area contributed by atoms with E-state index in [1.54, 1.807) is 18.2 Å². The van der Waals surface area contributed by atoms with Gasteiger partial charge in [0, 0.05) is 21.2 Å². The van der Waals surface area contributed by atoms with Crippen molar-refractivity contribution in [3.8, 4) is 0 Å². The van der Waals surface area contributed by atoms with Crippen LogP contribution in [0.25, 0.3) is 0 Å². The second-order valence-electron chi connectivity index (χ2n) is 6.92. The van der Waals surface area contributed by atoms with Gasteiger partial charge in [-0.15, -0.1) is 0 Å². The number of ether oxygens (including phenoxy) is 1. The Hall–Kier alpha value is -1.84. The lowest BCUT2D eigenvalue weighted by Crippen LogP contribution is -2.16. The van der Waals surface area contributed by atoms with Crippen molar-refractivity contribution in [1.82, 2.24) is 0 Å². The quantitative estimate of drug-likeness (QED) is 0.437. The Morgan fingerprint density at radius 3 is 2.19 bits per heavy atom. The molecule has 0 unspecified atom stereocenters. The van der Waals surface area contributed by atoms with Gasteiger partial charge in [0.25, 0.3) is 0 Å². The highest BCUT2D eigenvalue weighted by atomic mass is 35.5. The molecule has 0 saturated heterocycles. The van der Waals surface area contributed by atoms with Crippen molar-refractivity contribution in [3.05, 3.63) is 69.2 Å². The summed E-state index contributed by atoms with van der Waals surface area (Å²) in [4.78, 5) is 24.3. The molecule has 1 saturated carbocycles. The van der Waals surface area contributed by atoms with E-state index in [1.807, 2.05) is 24.3 Å². The lowest BCUT2D eigenvalue weighted by Gasteiger charge is -2.22. The number of benzene rings is 2. The Labute approximate surface area is 169 Å². The van der Waals surface area contributed by atoms with Gasteiger partial charge in [-0.2, -0.15) is 0 Å². The number of esters is 1. The zero-order valence-corrected chi connectivity index (χ0v) is 16.6. The van der Waals surface area contributed by atoms with Crippen LogP contribution in [0.2, 0.25) is 10.0 Å². The fourth-order valence-electron chi connectivity index (χ4n) is 3.50. The summed E-state index contributed by atoms with van der Waals surface area (Å²) in [6, 6.07) is 12.7. The molecule has 2 aromatic rings. The molecule has 0 atom stereocenters. The van der Waals surface area contributed by atoms with Crippen LogP contribution in [0.15, 0.2) is 42.5 Å². The molecule has 0 aromatic heterocycles. The summed E-state index contributed by atoms with van der Waals surface area (Å²) in [5.41, 5.74) is 2.35. The van der Waals surface area contributed by atoms with Crippen molar-refractivity contribution in [3.63, 3.8) is 0 Å². The van der Waals surface area contributed by atoms with Crippen LogP contribution in [-0.4, -0.2) is 18.4 Å². The van der Waals surface area contributed by atoms with Crippen LogP contribution < -0.4 is 0 Å². The molecule has 1 aliphatic rings. The molecule has 1 aliphatic carbocycles. The standard InChI is InChI=1S/C22H22Cl2O3/c23-19-7-4-8-20(24)18(19)13-22(26)27-14-21(25)17-11-9-16(10-12-17)15-5-2-1-3-6-15/h4,7-12,15H,1-3,5-6,13-14H2. The second kappa shape index (κ2) is 9.38. The first-order valence-electron chi connectivity index (χ1n) is 9.26. The summed E-state index contributed by atoms with van der Waals surface area (Å²) in [7, 11) is 0. The topological polar surface area (TPSA) is 43.4 Å². The van der Waals surface area contributed by atoms with Gasteiger partial charge in [-0.05, 0) is 36.5 Å². The lowest BCUT2D eigenvalue weighted by atomic mass is 9.84. The maximum Gasteiger partial charge on any atom is 0.310 e. The minimum atomic E-state index is -0.530. The molecular weight excluding hydrogens is 383 g/mol. The number of halogens is 2. The molecule has 0 heterocycles. The van der Waals surface area contributed by atoms with Crippen LogP contribution in [0.3, 0.4) is 0 Å². The molecule has 0 spiro atoms. The maximum atomic E-state index is 12.3. The number of carbonyl (C=O) groups excluding carboxylic acids is 2. The summed E-state index contributed by atoms with van der Waals surface area (Å²) >= 11 is 12.1. The zero-order valence-electron chi connectivity index (χ0n) is 15.0. The van der Waals surface area contributed by atoms with Gasteiger partial charge < -0.3 is 4.74 Å². The van der Waals surface area contributed by atoms with Crippen LogP contribution in [0.4, 0.5) is 0 Å². The molecule has 5 heteroatoms. The van der Waals surface area contributed by atoms with E-state index in [4.69, 9.17) is 27.9 Å². The van der Waals surface area contributed by atoms with E-state index in [9.17, 15) is 9.59 Å². The van der Waals surface area contributed by atoms with Crippen molar-refractivity contribution in [2.45, 2.75) is 44.4 Å². The SMILES string of the molecule is O=C(Cc1c(Cl)cccc1Cl)OCC(=O)c1ccc(C2CCCCC2)cc1. The minimum absolute atomic E-state index is 0.0631. The van der Waals surface area contributed by atoms with Gasteiger partial charge in [0.05, 0.1) is 6.42 Å². The van der Waals surface area contributed by atoms with E-state index in [2.05, 4.69) is 0 Å². The number of carbonyl (C=O) groups is 2. The zero-order chi connectivity index (χ0) is 19.2. The number of hydrogen-bond donors (Lipinski definition) is 0. The van der Waals surface area contributed by atoms with E-state index in [1.165, 1.54) is 37.7 Å². The van der Waals surface area contributed by atoms with E-state index in [0.717, 1.165) is 0 Å². The van der Waals surface area contributed by atoms with Crippen LogP contribution >= 0.6 is 23.2 Å². The van der Waals surface area contributed by atoms with Crippen molar-refractivity contribution in [2.75, 3.05) is 6.61 Å². The number of rotatable bonds is 6. The van der Waals surface area contributed by atoms with Gasteiger partial charge in [0.1, 0.15) is 0 Å². The van der Waals surface area contributed by atoms with Crippen molar-refractivity contribution >= 4 is 35.0 Å². The largest absolute Gasteiger partial charge is 0.457 e. The molecule has 1 fully saturated rings. The fraction of sp³-hybridized carbons (Fsp3) is 0.364. The minimum Gasteiger partial charge on any atom is -0.457 e. The van der Waals surface area contributed by atoms with Gasteiger partial charge >= 0.3 is 5.97 Å². The van der Waals surface area contributed by atoms with Gasteiger partial charge in [0.2, 0.25) is 0 Å². The predicted molar refractivity (Wildman–Crippen MR) is 108 cm³/mol. The smallest absolute Gasteiger partial charge is 0.310 e.